The van der Waals surface area contributed by atoms with Crippen molar-refractivity contribution < 1.29 is 14.3 Å². The molecule has 2 N–H and O–H groups in total. The lowest BCUT2D eigenvalue weighted by Crippen LogP contribution is -2.48. The average Bonchev–Trinajstić information content (AvgIpc) is 3.12. The van der Waals surface area contributed by atoms with Gasteiger partial charge in [-0.25, -0.2) is 4.98 Å². The SMILES string of the molecule is COc1cccc(-c2nc3cc(N4CSC(=O)N(CC(N)=O)C4)ccc3n2CC(C)C)c1. The van der Waals surface area contributed by atoms with Crippen LogP contribution in [0.2, 0.25) is 0 Å². The van der Waals surface area contributed by atoms with Crippen molar-refractivity contribution in [2.75, 3.05) is 31.1 Å². The van der Waals surface area contributed by atoms with E-state index in [1.165, 1.54) is 4.90 Å². The molecule has 1 aliphatic rings. The second-order valence-corrected chi connectivity index (χ2v) is 9.13. The normalized spacial score (nSPS) is 14.4. The van der Waals surface area contributed by atoms with Gasteiger partial charge >= 0.3 is 0 Å². The fourth-order valence-electron chi connectivity index (χ4n) is 3.84. The first kappa shape index (κ1) is 22.0. The summed E-state index contributed by atoms with van der Waals surface area (Å²) >= 11 is 1.16. The quantitative estimate of drug-likeness (QED) is 0.586. The van der Waals surface area contributed by atoms with Crippen LogP contribution in [0.4, 0.5) is 10.5 Å². The second-order valence-electron chi connectivity index (χ2n) is 8.23. The third kappa shape index (κ3) is 4.52. The Balaban J connectivity index is 1.72. The van der Waals surface area contributed by atoms with Crippen molar-refractivity contribution in [2.45, 2.75) is 20.4 Å². The topological polar surface area (TPSA) is 93.7 Å². The zero-order valence-corrected chi connectivity index (χ0v) is 19.3. The van der Waals surface area contributed by atoms with E-state index in [1.54, 1.807) is 7.11 Å². The largest absolute Gasteiger partial charge is 0.497 e. The number of hydrogen-bond donors (Lipinski definition) is 1. The van der Waals surface area contributed by atoms with E-state index in [-0.39, 0.29) is 11.8 Å². The van der Waals surface area contributed by atoms with E-state index in [0.29, 0.717) is 18.5 Å². The number of primary amides is 1. The highest BCUT2D eigenvalue weighted by Crippen LogP contribution is 2.32. The molecule has 0 aliphatic carbocycles. The Bertz CT molecular complexity index is 1160. The van der Waals surface area contributed by atoms with Gasteiger partial charge in [0.25, 0.3) is 5.24 Å². The first-order valence-corrected chi connectivity index (χ1v) is 11.4. The van der Waals surface area contributed by atoms with Crippen molar-refractivity contribution in [3.63, 3.8) is 0 Å². The van der Waals surface area contributed by atoms with Gasteiger partial charge in [0.1, 0.15) is 18.1 Å². The summed E-state index contributed by atoms with van der Waals surface area (Å²) in [6, 6.07) is 14.1. The second kappa shape index (κ2) is 9.12. The molecular weight excluding hydrogens is 426 g/mol. The molecule has 9 heteroatoms. The lowest BCUT2D eigenvalue weighted by atomic mass is 10.1. The fraction of sp³-hybridized carbons (Fsp3) is 0.348. The summed E-state index contributed by atoms with van der Waals surface area (Å²) in [7, 11) is 1.66. The maximum Gasteiger partial charge on any atom is 0.285 e. The summed E-state index contributed by atoms with van der Waals surface area (Å²) in [6.07, 6.45) is 0. The molecule has 8 nitrogen and oxygen atoms in total. The number of anilines is 1. The van der Waals surface area contributed by atoms with Gasteiger partial charge in [-0.2, -0.15) is 0 Å². The van der Waals surface area contributed by atoms with Crippen LogP contribution in [0, 0.1) is 5.92 Å². The highest BCUT2D eigenvalue weighted by atomic mass is 32.2. The molecule has 1 aliphatic heterocycles. The number of carbonyl (C=O) groups is 2. The molecule has 1 fully saturated rings. The molecule has 1 aromatic heterocycles. The molecule has 0 bridgehead atoms. The number of fused-ring (bicyclic) bond motifs is 1. The van der Waals surface area contributed by atoms with Gasteiger partial charge in [0.15, 0.2) is 0 Å². The van der Waals surface area contributed by atoms with Crippen LogP contribution in [0.15, 0.2) is 42.5 Å². The first-order chi connectivity index (χ1) is 15.4. The van der Waals surface area contributed by atoms with Gasteiger partial charge in [0.05, 0.1) is 30.7 Å². The first-order valence-electron chi connectivity index (χ1n) is 10.5. The Hall–Kier alpha value is -3.20. The van der Waals surface area contributed by atoms with E-state index in [4.69, 9.17) is 15.5 Å². The Kier molecular flexibility index (Phi) is 6.27. The van der Waals surface area contributed by atoms with Crippen molar-refractivity contribution in [3.8, 4) is 17.1 Å². The monoisotopic (exact) mass is 453 g/mol. The van der Waals surface area contributed by atoms with Crippen LogP contribution in [-0.2, 0) is 11.3 Å². The number of amides is 2. The molecule has 32 heavy (non-hydrogen) atoms. The molecule has 2 heterocycles. The Labute approximate surface area is 191 Å². The molecule has 0 radical (unpaired) electrons. The Morgan fingerprint density at radius 1 is 1.25 bits per heavy atom. The smallest absolute Gasteiger partial charge is 0.285 e. The van der Waals surface area contributed by atoms with Crippen LogP contribution in [0.3, 0.4) is 0 Å². The van der Waals surface area contributed by atoms with Crippen molar-refractivity contribution >= 4 is 39.6 Å². The highest BCUT2D eigenvalue weighted by molar-refractivity contribution is 8.13. The number of ether oxygens (including phenoxy) is 1. The number of aromatic nitrogens is 2. The van der Waals surface area contributed by atoms with Crippen molar-refractivity contribution in [1.29, 1.82) is 0 Å². The predicted molar refractivity (Wildman–Crippen MR) is 128 cm³/mol. The summed E-state index contributed by atoms with van der Waals surface area (Å²) in [6.45, 7) is 5.43. The van der Waals surface area contributed by atoms with E-state index in [9.17, 15) is 9.59 Å². The number of nitrogens with zero attached hydrogens (tertiary/aromatic N) is 4. The number of imidazole rings is 1. The van der Waals surface area contributed by atoms with Crippen LogP contribution in [0.5, 0.6) is 5.75 Å². The molecule has 0 atom stereocenters. The molecular formula is C23H27N5O3S. The van der Waals surface area contributed by atoms with Gasteiger partial charge < -0.3 is 24.8 Å². The number of nitrogens with two attached hydrogens (primary N) is 1. The van der Waals surface area contributed by atoms with Crippen LogP contribution >= 0.6 is 11.8 Å². The molecule has 4 rings (SSSR count). The average molecular weight is 454 g/mol. The highest BCUT2D eigenvalue weighted by Gasteiger charge is 2.26. The van der Waals surface area contributed by atoms with Crippen LogP contribution in [0.25, 0.3) is 22.4 Å². The van der Waals surface area contributed by atoms with Gasteiger partial charge in [-0.1, -0.05) is 26.0 Å². The molecule has 2 amide bonds. The minimum absolute atomic E-state index is 0.0897. The van der Waals surface area contributed by atoms with Crippen LogP contribution in [0.1, 0.15) is 13.8 Å². The van der Waals surface area contributed by atoms with Crippen LogP contribution in [-0.4, -0.2) is 51.8 Å². The summed E-state index contributed by atoms with van der Waals surface area (Å²) in [5.41, 5.74) is 9.16. The number of methoxy groups -OCH3 is 1. The summed E-state index contributed by atoms with van der Waals surface area (Å²) < 4.78 is 7.65. The van der Waals surface area contributed by atoms with E-state index in [1.807, 2.05) is 41.3 Å². The lowest BCUT2D eigenvalue weighted by molar-refractivity contribution is -0.118. The molecule has 2 aromatic carbocycles. The zero-order valence-electron chi connectivity index (χ0n) is 18.4. The van der Waals surface area contributed by atoms with E-state index in [2.05, 4.69) is 24.5 Å². The fourth-order valence-corrected chi connectivity index (χ4v) is 4.64. The summed E-state index contributed by atoms with van der Waals surface area (Å²) in [5, 5.41) is -0.136. The number of benzene rings is 2. The van der Waals surface area contributed by atoms with Crippen LogP contribution < -0.4 is 15.4 Å². The molecule has 0 saturated carbocycles. The summed E-state index contributed by atoms with van der Waals surface area (Å²) in [5.74, 6) is 2.11. The minimum Gasteiger partial charge on any atom is -0.497 e. The predicted octanol–water partition coefficient (Wildman–Crippen LogP) is 3.74. The molecule has 3 aromatic rings. The lowest BCUT2D eigenvalue weighted by Gasteiger charge is -2.35. The van der Waals surface area contributed by atoms with Crippen molar-refractivity contribution in [1.82, 2.24) is 14.5 Å². The van der Waals surface area contributed by atoms with E-state index in [0.717, 1.165) is 52.2 Å². The number of thioether (sulfide) groups is 1. The molecule has 1 saturated heterocycles. The van der Waals surface area contributed by atoms with Crippen molar-refractivity contribution in [3.05, 3.63) is 42.5 Å². The third-order valence-electron chi connectivity index (χ3n) is 5.26. The summed E-state index contributed by atoms with van der Waals surface area (Å²) in [4.78, 5) is 31.9. The number of hydrogen-bond acceptors (Lipinski definition) is 6. The number of rotatable bonds is 7. The van der Waals surface area contributed by atoms with Crippen molar-refractivity contribution in [2.24, 2.45) is 11.7 Å². The standard InChI is InChI=1S/C23H27N5O3S/c1-15(2)11-28-20-8-7-17(27-13-26(12-21(24)29)23(30)32-14-27)10-19(20)25-22(28)16-5-4-6-18(9-16)31-3/h4-10,15H,11-14H2,1-3H3,(H2,24,29). The molecule has 168 valence electrons. The third-order valence-corrected chi connectivity index (χ3v) is 6.21. The van der Waals surface area contributed by atoms with Gasteiger partial charge in [-0.15, -0.1) is 0 Å². The maximum atomic E-state index is 12.1. The number of carbonyl (C=O) groups excluding carboxylic acids is 2. The van der Waals surface area contributed by atoms with Gasteiger partial charge in [-0.05, 0) is 48.0 Å². The molecule has 0 unspecified atom stereocenters. The zero-order chi connectivity index (χ0) is 22.8. The van der Waals surface area contributed by atoms with Gasteiger partial charge in [-0.3, -0.25) is 9.59 Å². The van der Waals surface area contributed by atoms with Gasteiger partial charge in [0, 0.05) is 17.8 Å². The maximum absolute atomic E-state index is 12.1. The Morgan fingerprint density at radius 3 is 2.78 bits per heavy atom. The minimum atomic E-state index is -0.522. The van der Waals surface area contributed by atoms with E-state index >= 15 is 0 Å². The Morgan fingerprint density at radius 2 is 2.06 bits per heavy atom. The van der Waals surface area contributed by atoms with Gasteiger partial charge in [0.2, 0.25) is 5.91 Å². The molecule has 0 spiro atoms. The van der Waals surface area contributed by atoms with E-state index < -0.39 is 5.91 Å².